The van der Waals surface area contributed by atoms with Crippen LogP contribution in [-0.2, 0) is 14.4 Å². The van der Waals surface area contributed by atoms with Crippen LogP contribution in [0.15, 0.2) is 12.1 Å². The number of hydrogen-bond acceptors (Lipinski definition) is 5. The number of nitrogens with two attached hydrogens (primary N) is 1. The van der Waals surface area contributed by atoms with Crippen LogP contribution in [0.3, 0.4) is 0 Å². The zero-order chi connectivity index (χ0) is 19.0. The van der Waals surface area contributed by atoms with E-state index in [2.05, 4.69) is 0 Å². The molecule has 2 aliphatic rings. The lowest BCUT2D eigenvalue weighted by atomic mass is 10.0. The maximum absolute atomic E-state index is 12.7. The van der Waals surface area contributed by atoms with Crippen LogP contribution in [-0.4, -0.2) is 58.5 Å². The number of nitrogens with zero attached hydrogens (tertiary/aromatic N) is 2. The smallest absolute Gasteiger partial charge is 0.264 e. The number of fused-ring (bicyclic) bond motifs is 1. The minimum Gasteiger partial charge on any atom is -0.369 e. The molecule has 0 saturated carbocycles. The van der Waals surface area contributed by atoms with E-state index >= 15 is 0 Å². The number of carbonyl (C=O) groups is 4. The van der Waals surface area contributed by atoms with Crippen LogP contribution in [0.5, 0.6) is 0 Å². The second-order valence-corrected chi connectivity index (χ2v) is 8.45. The summed E-state index contributed by atoms with van der Waals surface area (Å²) in [5.74, 6) is -1.36. The van der Waals surface area contributed by atoms with E-state index in [-0.39, 0.29) is 36.6 Å². The summed E-state index contributed by atoms with van der Waals surface area (Å²) < 4.78 is 0.516. The van der Waals surface area contributed by atoms with Crippen molar-refractivity contribution < 1.29 is 19.2 Å². The van der Waals surface area contributed by atoms with Crippen LogP contribution in [0.25, 0.3) is 0 Å². The maximum atomic E-state index is 12.7. The third kappa shape index (κ3) is 3.48. The predicted molar refractivity (Wildman–Crippen MR) is 96.9 cm³/mol. The second-order valence-electron chi connectivity index (χ2n) is 6.73. The molecule has 1 aromatic heterocycles. The number of amides is 3. The number of likely N-dealkylation sites (tertiary alicyclic amines) is 2. The Morgan fingerprint density at radius 1 is 1.35 bits per heavy atom. The SMILES string of the molecule is CC(CCC(=O)N1CCC2C1C(=O)CN2C(=O)c1ccc(Cl)s1)C(N)=O. The fourth-order valence-electron chi connectivity index (χ4n) is 3.57. The molecule has 2 N–H and O–H groups in total. The zero-order valence-corrected chi connectivity index (χ0v) is 15.9. The molecule has 7 nitrogen and oxygen atoms in total. The van der Waals surface area contributed by atoms with E-state index in [1.54, 1.807) is 28.9 Å². The van der Waals surface area contributed by atoms with Crippen molar-refractivity contribution in [2.24, 2.45) is 11.7 Å². The topological polar surface area (TPSA) is 101 Å². The number of thiophene rings is 1. The molecule has 1 aromatic rings. The molecule has 0 bridgehead atoms. The van der Waals surface area contributed by atoms with Gasteiger partial charge in [0, 0.05) is 18.9 Å². The van der Waals surface area contributed by atoms with E-state index in [1.165, 1.54) is 11.3 Å². The molecule has 3 unspecified atom stereocenters. The fraction of sp³-hybridized carbons (Fsp3) is 0.529. The minimum atomic E-state index is -0.592. The van der Waals surface area contributed by atoms with Crippen molar-refractivity contribution in [3.8, 4) is 0 Å². The summed E-state index contributed by atoms with van der Waals surface area (Å²) in [5, 5.41) is 0. The number of primary amides is 1. The average Bonchev–Trinajstić information content (AvgIpc) is 3.28. The molecule has 3 rings (SSSR count). The first kappa shape index (κ1) is 18.8. The molecule has 0 spiro atoms. The van der Waals surface area contributed by atoms with Gasteiger partial charge in [-0.1, -0.05) is 18.5 Å². The molecule has 9 heteroatoms. The van der Waals surface area contributed by atoms with Gasteiger partial charge in [0.25, 0.3) is 5.91 Å². The Bertz CT molecular complexity index is 765. The molecule has 0 aliphatic carbocycles. The van der Waals surface area contributed by atoms with E-state index in [0.29, 0.717) is 28.6 Å². The molecule has 2 saturated heterocycles. The van der Waals surface area contributed by atoms with E-state index in [4.69, 9.17) is 17.3 Å². The highest BCUT2D eigenvalue weighted by atomic mass is 35.5. The highest BCUT2D eigenvalue weighted by Crippen LogP contribution is 2.33. The second kappa shape index (κ2) is 7.36. The largest absolute Gasteiger partial charge is 0.369 e. The third-order valence-electron chi connectivity index (χ3n) is 5.06. The molecule has 2 aliphatic heterocycles. The van der Waals surface area contributed by atoms with Gasteiger partial charge in [0.05, 0.1) is 21.8 Å². The van der Waals surface area contributed by atoms with Crippen molar-refractivity contribution in [2.45, 2.75) is 38.3 Å². The molecule has 0 aromatic carbocycles. The van der Waals surface area contributed by atoms with Gasteiger partial charge in [-0.2, -0.15) is 0 Å². The summed E-state index contributed by atoms with van der Waals surface area (Å²) in [7, 11) is 0. The number of hydrogen-bond donors (Lipinski definition) is 1. The Morgan fingerprint density at radius 3 is 2.69 bits per heavy atom. The van der Waals surface area contributed by atoms with Crippen molar-refractivity contribution in [2.75, 3.05) is 13.1 Å². The average molecular weight is 398 g/mol. The lowest BCUT2D eigenvalue weighted by Crippen LogP contribution is -2.43. The van der Waals surface area contributed by atoms with Crippen molar-refractivity contribution in [3.05, 3.63) is 21.3 Å². The number of halogens is 1. The summed E-state index contributed by atoms with van der Waals surface area (Å²) >= 11 is 7.07. The standard InChI is InChI=1S/C17H20ClN3O4S/c1-9(16(19)24)2-5-14(23)20-7-6-10-15(20)11(22)8-21(10)17(25)12-3-4-13(18)26-12/h3-4,9-10,15H,2,5-8H2,1H3,(H2,19,24). The Labute approximate surface area is 160 Å². The first-order chi connectivity index (χ1) is 12.3. The predicted octanol–water partition coefficient (Wildman–Crippen LogP) is 1.30. The third-order valence-corrected chi connectivity index (χ3v) is 6.28. The van der Waals surface area contributed by atoms with Crippen molar-refractivity contribution in [1.82, 2.24) is 9.80 Å². The van der Waals surface area contributed by atoms with E-state index < -0.39 is 17.9 Å². The van der Waals surface area contributed by atoms with Crippen LogP contribution in [0.2, 0.25) is 4.34 Å². The lowest BCUT2D eigenvalue weighted by Gasteiger charge is -2.24. The summed E-state index contributed by atoms with van der Waals surface area (Å²) in [6.07, 6.45) is 1.08. The van der Waals surface area contributed by atoms with Crippen molar-refractivity contribution in [1.29, 1.82) is 0 Å². The Hall–Kier alpha value is -1.93. The molecule has 3 heterocycles. The van der Waals surface area contributed by atoms with Crippen LogP contribution >= 0.6 is 22.9 Å². The molecule has 26 heavy (non-hydrogen) atoms. The first-order valence-electron chi connectivity index (χ1n) is 8.47. The highest BCUT2D eigenvalue weighted by molar-refractivity contribution is 7.18. The highest BCUT2D eigenvalue weighted by Gasteiger charge is 2.51. The number of ketones is 1. The van der Waals surface area contributed by atoms with Gasteiger partial charge in [0.2, 0.25) is 11.8 Å². The summed E-state index contributed by atoms with van der Waals surface area (Å²) in [5.41, 5.74) is 5.22. The van der Waals surface area contributed by atoms with Gasteiger partial charge in [-0.15, -0.1) is 11.3 Å². The summed E-state index contributed by atoms with van der Waals surface area (Å²) in [4.78, 5) is 52.4. The molecule has 2 fully saturated rings. The van der Waals surface area contributed by atoms with Crippen LogP contribution < -0.4 is 5.73 Å². The van der Waals surface area contributed by atoms with Gasteiger partial charge in [-0.25, -0.2) is 0 Å². The summed E-state index contributed by atoms with van der Waals surface area (Å²) in [6.45, 7) is 2.11. The molecule has 3 atom stereocenters. The van der Waals surface area contributed by atoms with Crippen molar-refractivity contribution in [3.63, 3.8) is 0 Å². The van der Waals surface area contributed by atoms with Gasteiger partial charge in [0.15, 0.2) is 5.78 Å². The van der Waals surface area contributed by atoms with E-state index in [1.807, 2.05) is 0 Å². The first-order valence-corrected chi connectivity index (χ1v) is 9.67. The van der Waals surface area contributed by atoms with Gasteiger partial charge >= 0.3 is 0 Å². The Kier molecular flexibility index (Phi) is 5.34. The van der Waals surface area contributed by atoms with Crippen LogP contribution in [0.4, 0.5) is 0 Å². The molecule has 140 valence electrons. The van der Waals surface area contributed by atoms with Crippen LogP contribution in [0, 0.1) is 5.92 Å². The van der Waals surface area contributed by atoms with Gasteiger partial charge in [0.1, 0.15) is 6.04 Å². The zero-order valence-electron chi connectivity index (χ0n) is 14.3. The molecular weight excluding hydrogens is 378 g/mol. The maximum Gasteiger partial charge on any atom is 0.264 e. The molecule has 3 amide bonds. The fourth-order valence-corrected chi connectivity index (χ4v) is 4.57. The lowest BCUT2D eigenvalue weighted by molar-refractivity contribution is -0.136. The molecular formula is C17H20ClN3O4S. The normalized spacial score (nSPS) is 23.2. The monoisotopic (exact) mass is 397 g/mol. The van der Waals surface area contributed by atoms with Gasteiger partial charge < -0.3 is 15.5 Å². The number of rotatable bonds is 5. The molecule has 0 radical (unpaired) electrons. The number of Topliss-reactive ketones (excluding diaryl/α,β-unsaturated/α-hetero) is 1. The quantitative estimate of drug-likeness (QED) is 0.809. The Balaban J connectivity index is 1.68. The van der Waals surface area contributed by atoms with E-state index in [0.717, 1.165) is 0 Å². The van der Waals surface area contributed by atoms with Crippen molar-refractivity contribution >= 4 is 46.4 Å². The Morgan fingerprint density at radius 2 is 2.08 bits per heavy atom. The van der Waals surface area contributed by atoms with Gasteiger partial charge in [-0.3, -0.25) is 19.2 Å². The van der Waals surface area contributed by atoms with E-state index in [9.17, 15) is 19.2 Å². The minimum absolute atomic E-state index is 0.00511. The summed E-state index contributed by atoms with van der Waals surface area (Å²) in [6, 6.07) is 2.41. The van der Waals surface area contributed by atoms with Gasteiger partial charge in [-0.05, 0) is 25.0 Å². The number of carbonyl (C=O) groups excluding carboxylic acids is 4. The van der Waals surface area contributed by atoms with Crippen LogP contribution in [0.1, 0.15) is 35.9 Å².